The minimum Gasteiger partial charge on any atom is -0.497 e. The van der Waals surface area contributed by atoms with Gasteiger partial charge < -0.3 is 15.4 Å². The maximum atomic E-state index is 12.6. The first-order chi connectivity index (χ1) is 12.0. The number of rotatable bonds is 5. The lowest BCUT2D eigenvalue weighted by Gasteiger charge is -2.13. The van der Waals surface area contributed by atoms with Crippen LogP contribution in [-0.4, -0.2) is 18.9 Å². The van der Waals surface area contributed by atoms with Gasteiger partial charge in [-0.05, 0) is 42.2 Å². The normalized spacial score (nSPS) is 18.4. The van der Waals surface area contributed by atoms with Gasteiger partial charge in [0.15, 0.2) is 0 Å². The molecular weight excluding hydrogens is 384 g/mol. The molecule has 1 aliphatic carbocycles. The molecule has 2 unspecified atom stereocenters. The van der Waals surface area contributed by atoms with E-state index in [4.69, 9.17) is 4.74 Å². The molecule has 0 spiro atoms. The Morgan fingerprint density at radius 3 is 2.60 bits per heavy atom. The van der Waals surface area contributed by atoms with Crippen molar-refractivity contribution >= 4 is 39.1 Å². The zero-order valence-corrected chi connectivity index (χ0v) is 15.6. The fraction of sp³-hybridized carbons (Fsp3) is 0.263. The van der Waals surface area contributed by atoms with E-state index in [1.165, 1.54) is 6.92 Å². The Morgan fingerprint density at radius 1 is 1.12 bits per heavy atom. The van der Waals surface area contributed by atoms with Crippen molar-refractivity contribution in [3.8, 4) is 5.75 Å². The van der Waals surface area contributed by atoms with E-state index in [1.807, 2.05) is 24.3 Å². The Balaban J connectivity index is 1.74. The van der Waals surface area contributed by atoms with Crippen molar-refractivity contribution in [3.05, 3.63) is 52.5 Å². The van der Waals surface area contributed by atoms with Gasteiger partial charge in [0.2, 0.25) is 11.8 Å². The van der Waals surface area contributed by atoms with Crippen LogP contribution in [0.1, 0.15) is 24.8 Å². The molecule has 25 heavy (non-hydrogen) atoms. The van der Waals surface area contributed by atoms with Crippen molar-refractivity contribution in [2.24, 2.45) is 5.92 Å². The SMILES string of the molecule is COc1ccc(NC(C)=O)c(NC(=O)C2CC2c2cccc(Br)c2)c1. The number of amides is 2. The molecule has 2 aromatic carbocycles. The first-order valence-corrected chi connectivity index (χ1v) is 8.79. The summed E-state index contributed by atoms with van der Waals surface area (Å²) in [6.07, 6.45) is 0.821. The lowest BCUT2D eigenvalue weighted by atomic mass is 10.1. The third-order valence-corrected chi connectivity index (χ3v) is 4.69. The second-order valence-electron chi connectivity index (χ2n) is 6.09. The molecule has 0 heterocycles. The number of anilines is 2. The summed E-state index contributed by atoms with van der Waals surface area (Å²) < 4.78 is 6.22. The van der Waals surface area contributed by atoms with E-state index < -0.39 is 0 Å². The number of hydrogen-bond acceptors (Lipinski definition) is 3. The number of nitrogens with one attached hydrogen (secondary N) is 2. The van der Waals surface area contributed by atoms with E-state index in [0.717, 1.165) is 16.5 Å². The standard InChI is InChI=1S/C19H19BrN2O3/c1-11(23)21-17-7-6-14(25-2)9-18(17)22-19(24)16-10-15(16)12-4-3-5-13(20)8-12/h3-9,15-16H,10H2,1-2H3,(H,21,23)(H,22,24). The highest BCUT2D eigenvalue weighted by atomic mass is 79.9. The summed E-state index contributed by atoms with van der Waals surface area (Å²) in [7, 11) is 1.56. The molecule has 1 saturated carbocycles. The minimum atomic E-state index is -0.195. The van der Waals surface area contributed by atoms with Crippen LogP contribution < -0.4 is 15.4 Å². The first kappa shape index (κ1) is 17.5. The maximum absolute atomic E-state index is 12.6. The van der Waals surface area contributed by atoms with Crippen molar-refractivity contribution in [3.63, 3.8) is 0 Å². The van der Waals surface area contributed by atoms with E-state index in [1.54, 1.807) is 25.3 Å². The molecule has 0 aliphatic heterocycles. The van der Waals surface area contributed by atoms with Crippen LogP contribution in [0.2, 0.25) is 0 Å². The smallest absolute Gasteiger partial charge is 0.228 e. The van der Waals surface area contributed by atoms with E-state index in [9.17, 15) is 9.59 Å². The molecule has 1 fully saturated rings. The van der Waals surface area contributed by atoms with Crippen LogP contribution >= 0.6 is 15.9 Å². The molecule has 2 atom stereocenters. The molecule has 0 bridgehead atoms. The van der Waals surface area contributed by atoms with Crippen molar-refractivity contribution in [1.29, 1.82) is 0 Å². The summed E-state index contributed by atoms with van der Waals surface area (Å²) >= 11 is 3.46. The van der Waals surface area contributed by atoms with Gasteiger partial charge in [0.25, 0.3) is 0 Å². The van der Waals surface area contributed by atoms with E-state index in [-0.39, 0.29) is 23.7 Å². The van der Waals surface area contributed by atoms with Gasteiger partial charge in [-0.3, -0.25) is 9.59 Å². The number of carbonyl (C=O) groups excluding carboxylic acids is 2. The highest BCUT2D eigenvalue weighted by molar-refractivity contribution is 9.10. The summed E-state index contributed by atoms with van der Waals surface area (Å²) in [6, 6.07) is 13.2. The van der Waals surface area contributed by atoms with Crippen LogP contribution in [0.3, 0.4) is 0 Å². The first-order valence-electron chi connectivity index (χ1n) is 8.00. The van der Waals surface area contributed by atoms with Gasteiger partial charge in [-0.15, -0.1) is 0 Å². The summed E-state index contributed by atoms with van der Waals surface area (Å²) in [5.41, 5.74) is 2.25. The molecule has 6 heteroatoms. The maximum Gasteiger partial charge on any atom is 0.228 e. The third kappa shape index (κ3) is 4.20. The molecule has 0 saturated heterocycles. The fourth-order valence-electron chi connectivity index (χ4n) is 2.87. The largest absolute Gasteiger partial charge is 0.497 e. The summed E-state index contributed by atoms with van der Waals surface area (Å²) in [5.74, 6) is 0.533. The number of benzene rings is 2. The predicted octanol–water partition coefficient (Wildman–Crippen LogP) is 4.16. The topological polar surface area (TPSA) is 67.4 Å². The average Bonchev–Trinajstić information content (AvgIpc) is 3.37. The molecular formula is C19H19BrN2O3. The molecule has 2 aromatic rings. The highest BCUT2D eigenvalue weighted by Gasteiger charge is 2.44. The Hall–Kier alpha value is -2.34. The fourth-order valence-corrected chi connectivity index (χ4v) is 3.29. The second-order valence-corrected chi connectivity index (χ2v) is 7.00. The van der Waals surface area contributed by atoms with Crippen LogP contribution in [0.25, 0.3) is 0 Å². The lowest BCUT2D eigenvalue weighted by molar-refractivity contribution is -0.117. The van der Waals surface area contributed by atoms with E-state index >= 15 is 0 Å². The number of carbonyl (C=O) groups is 2. The van der Waals surface area contributed by atoms with Crippen molar-refractivity contribution < 1.29 is 14.3 Å². The number of ether oxygens (including phenoxy) is 1. The Labute approximate surface area is 154 Å². The van der Waals surface area contributed by atoms with E-state index in [2.05, 4.69) is 26.6 Å². The van der Waals surface area contributed by atoms with Gasteiger partial charge in [-0.1, -0.05) is 28.1 Å². The van der Waals surface area contributed by atoms with Crippen molar-refractivity contribution in [2.45, 2.75) is 19.3 Å². The van der Waals surface area contributed by atoms with Crippen molar-refractivity contribution in [1.82, 2.24) is 0 Å². The Kier molecular flexibility index (Phi) is 5.08. The Bertz CT molecular complexity index is 822. The molecule has 130 valence electrons. The number of halogens is 1. The van der Waals surface area contributed by atoms with Crippen LogP contribution in [0.15, 0.2) is 46.9 Å². The second kappa shape index (κ2) is 7.27. The molecule has 0 radical (unpaired) electrons. The minimum absolute atomic E-state index is 0.0511. The van der Waals surface area contributed by atoms with Crippen LogP contribution in [0.4, 0.5) is 11.4 Å². The van der Waals surface area contributed by atoms with Gasteiger partial charge in [0.05, 0.1) is 18.5 Å². The zero-order chi connectivity index (χ0) is 18.0. The molecule has 3 rings (SSSR count). The molecule has 1 aliphatic rings. The molecule has 5 nitrogen and oxygen atoms in total. The quantitative estimate of drug-likeness (QED) is 0.788. The Morgan fingerprint density at radius 2 is 1.92 bits per heavy atom. The number of methoxy groups -OCH3 is 1. The molecule has 0 aromatic heterocycles. The van der Waals surface area contributed by atoms with Crippen LogP contribution in [0, 0.1) is 5.92 Å². The summed E-state index contributed by atoms with van der Waals surface area (Å²) in [4.78, 5) is 24.0. The number of hydrogen-bond donors (Lipinski definition) is 2. The van der Waals surface area contributed by atoms with E-state index in [0.29, 0.717) is 17.1 Å². The summed E-state index contributed by atoms with van der Waals surface area (Å²) in [6.45, 7) is 1.43. The van der Waals surface area contributed by atoms with Crippen LogP contribution in [0.5, 0.6) is 5.75 Å². The summed E-state index contributed by atoms with van der Waals surface area (Å²) in [5, 5.41) is 5.65. The highest BCUT2D eigenvalue weighted by Crippen LogP contribution is 2.48. The lowest BCUT2D eigenvalue weighted by Crippen LogP contribution is -2.17. The van der Waals surface area contributed by atoms with Gasteiger partial charge in [-0.2, -0.15) is 0 Å². The van der Waals surface area contributed by atoms with Crippen molar-refractivity contribution in [2.75, 3.05) is 17.7 Å². The monoisotopic (exact) mass is 402 g/mol. The molecule has 2 amide bonds. The average molecular weight is 403 g/mol. The van der Waals surface area contributed by atoms with Gasteiger partial charge >= 0.3 is 0 Å². The third-order valence-electron chi connectivity index (χ3n) is 4.20. The van der Waals surface area contributed by atoms with Gasteiger partial charge in [0, 0.05) is 23.4 Å². The molecule has 2 N–H and O–H groups in total. The van der Waals surface area contributed by atoms with Crippen LogP contribution in [-0.2, 0) is 9.59 Å². The van der Waals surface area contributed by atoms with Gasteiger partial charge in [-0.25, -0.2) is 0 Å². The van der Waals surface area contributed by atoms with Gasteiger partial charge in [0.1, 0.15) is 5.75 Å². The zero-order valence-electron chi connectivity index (χ0n) is 14.0. The predicted molar refractivity (Wildman–Crippen MR) is 101 cm³/mol.